The lowest BCUT2D eigenvalue weighted by Crippen LogP contribution is -2.34. The molecular weight excluding hydrogens is 457 g/mol. The van der Waals surface area contributed by atoms with E-state index in [1.165, 1.54) is 18.2 Å². The monoisotopic (exact) mass is 472 g/mol. The average Bonchev–Trinajstić information content (AvgIpc) is 3.28. The molecule has 10 heteroatoms. The standard InChI is InChI=1S/C23H16ClF3N4O2/c24-17-12-6-4-10-15(17)20-30-31-21(33-20)19(14-8-2-1-3-9-14)29-22(32)28-18-13-7-5-11-16(18)23(25,26)27/h1-13,19H,(H2,28,29,32). The van der Waals surface area contributed by atoms with Crippen LogP contribution in [0.25, 0.3) is 11.5 Å². The highest BCUT2D eigenvalue weighted by Gasteiger charge is 2.34. The third kappa shape index (κ3) is 5.15. The third-order valence-corrected chi connectivity index (χ3v) is 5.01. The lowest BCUT2D eigenvalue weighted by atomic mass is 10.1. The molecule has 0 saturated carbocycles. The van der Waals surface area contributed by atoms with Gasteiger partial charge in [0.1, 0.15) is 6.04 Å². The number of carbonyl (C=O) groups is 1. The topological polar surface area (TPSA) is 80.0 Å². The van der Waals surface area contributed by atoms with Crippen LogP contribution in [0.5, 0.6) is 0 Å². The van der Waals surface area contributed by atoms with Gasteiger partial charge in [0.05, 0.1) is 21.8 Å². The fourth-order valence-electron chi connectivity index (χ4n) is 3.16. The molecule has 6 nitrogen and oxygen atoms in total. The van der Waals surface area contributed by atoms with Crippen molar-refractivity contribution < 1.29 is 22.4 Å². The molecule has 1 aromatic heterocycles. The molecule has 2 amide bonds. The number of hydrogen-bond acceptors (Lipinski definition) is 4. The summed E-state index contributed by atoms with van der Waals surface area (Å²) in [6.45, 7) is 0. The minimum absolute atomic E-state index is 0.0374. The number of nitrogens with one attached hydrogen (secondary N) is 2. The zero-order valence-corrected chi connectivity index (χ0v) is 17.6. The van der Waals surface area contributed by atoms with Gasteiger partial charge in [-0.05, 0) is 29.8 Å². The van der Waals surface area contributed by atoms with Crippen molar-refractivity contribution >= 4 is 23.3 Å². The second-order valence-electron chi connectivity index (χ2n) is 6.91. The molecule has 4 aromatic rings. The van der Waals surface area contributed by atoms with Crippen LogP contribution >= 0.6 is 11.6 Å². The summed E-state index contributed by atoms with van der Waals surface area (Å²) in [4.78, 5) is 12.7. The second kappa shape index (κ2) is 9.33. The van der Waals surface area contributed by atoms with Gasteiger partial charge in [0.25, 0.3) is 0 Å². The van der Waals surface area contributed by atoms with Gasteiger partial charge < -0.3 is 15.1 Å². The molecule has 0 saturated heterocycles. The number of benzene rings is 3. The van der Waals surface area contributed by atoms with E-state index < -0.39 is 23.8 Å². The Labute approximate surface area is 191 Å². The Kier molecular flexibility index (Phi) is 6.32. The minimum Gasteiger partial charge on any atom is -0.418 e. The van der Waals surface area contributed by atoms with Crippen LogP contribution in [0.15, 0.2) is 83.3 Å². The molecule has 1 heterocycles. The number of rotatable bonds is 5. The zero-order valence-electron chi connectivity index (χ0n) is 16.8. The lowest BCUT2D eigenvalue weighted by molar-refractivity contribution is -0.136. The number of para-hydroxylation sites is 1. The number of hydrogen-bond donors (Lipinski definition) is 2. The van der Waals surface area contributed by atoms with Crippen LogP contribution in [0.3, 0.4) is 0 Å². The van der Waals surface area contributed by atoms with E-state index in [0.29, 0.717) is 16.1 Å². The van der Waals surface area contributed by atoms with Crippen molar-refractivity contribution in [2.24, 2.45) is 0 Å². The molecule has 0 fully saturated rings. The van der Waals surface area contributed by atoms with E-state index in [2.05, 4.69) is 20.8 Å². The SMILES string of the molecule is O=C(Nc1ccccc1C(F)(F)F)NC(c1ccccc1)c1nnc(-c2ccccc2Cl)o1. The quantitative estimate of drug-likeness (QED) is 0.356. The van der Waals surface area contributed by atoms with Crippen molar-refractivity contribution in [1.82, 2.24) is 15.5 Å². The lowest BCUT2D eigenvalue weighted by Gasteiger charge is -2.18. The Morgan fingerprint density at radius 2 is 1.58 bits per heavy atom. The average molecular weight is 473 g/mol. The summed E-state index contributed by atoms with van der Waals surface area (Å²) in [5.41, 5.74) is -0.244. The van der Waals surface area contributed by atoms with Crippen molar-refractivity contribution in [2.45, 2.75) is 12.2 Å². The molecule has 4 rings (SSSR count). The van der Waals surface area contributed by atoms with E-state index in [-0.39, 0.29) is 17.5 Å². The molecule has 0 aliphatic carbocycles. The first kappa shape index (κ1) is 22.3. The number of amides is 2. The van der Waals surface area contributed by atoms with Crippen LogP contribution < -0.4 is 10.6 Å². The summed E-state index contributed by atoms with van der Waals surface area (Å²) in [5, 5.41) is 13.3. The van der Waals surface area contributed by atoms with Gasteiger partial charge in [-0.3, -0.25) is 0 Å². The van der Waals surface area contributed by atoms with Gasteiger partial charge in [0.15, 0.2) is 0 Å². The van der Waals surface area contributed by atoms with E-state index in [1.807, 2.05) is 0 Å². The molecular formula is C23H16ClF3N4O2. The fourth-order valence-corrected chi connectivity index (χ4v) is 3.37. The Bertz CT molecular complexity index is 1260. The van der Waals surface area contributed by atoms with Gasteiger partial charge in [0.2, 0.25) is 11.8 Å². The molecule has 1 atom stereocenters. The highest BCUT2D eigenvalue weighted by molar-refractivity contribution is 6.33. The number of urea groups is 1. The number of alkyl halides is 3. The first-order valence-electron chi connectivity index (χ1n) is 9.70. The molecule has 168 valence electrons. The molecule has 33 heavy (non-hydrogen) atoms. The molecule has 0 aliphatic rings. The smallest absolute Gasteiger partial charge is 0.418 e. The first-order chi connectivity index (χ1) is 15.8. The van der Waals surface area contributed by atoms with Crippen LogP contribution in [0.4, 0.5) is 23.7 Å². The van der Waals surface area contributed by atoms with Crippen molar-refractivity contribution in [2.75, 3.05) is 5.32 Å². The molecule has 0 bridgehead atoms. The highest BCUT2D eigenvalue weighted by atomic mass is 35.5. The van der Waals surface area contributed by atoms with Crippen molar-refractivity contribution in [3.63, 3.8) is 0 Å². The van der Waals surface area contributed by atoms with Crippen LogP contribution in [0.1, 0.15) is 23.1 Å². The summed E-state index contributed by atoms with van der Waals surface area (Å²) in [6, 6.07) is 18.5. The van der Waals surface area contributed by atoms with Crippen LogP contribution in [0, 0.1) is 0 Å². The molecule has 1 unspecified atom stereocenters. The number of halogens is 4. The number of aromatic nitrogens is 2. The maximum atomic E-state index is 13.3. The van der Waals surface area contributed by atoms with Crippen molar-refractivity contribution in [3.8, 4) is 11.5 Å². The van der Waals surface area contributed by atoms with Crippen LogP contribution in [-0.2, 0) is 6.18 Å². The van der Waals surface area contributed by atoms with Gasteiger partial charge in [-0.2, -0.15) is 13.2 Å². The Hall–Kier alpha value is -3.85. The van der Waals surface area contributed by atoms with Gasteiger partial charge in [0, 0.05) is 0 Å². The molecule has 3 aromatic carbocycles. The number of carbonyl (C=O) groups excluding carboxylic acids is 1. The van der Waals surface area contributed by atoms with E-state index in [9.17, 15) is 18.0 Å². The maximum absolute atomic E-state index is 13.3. The third-order valence-electron chi connectivity index (χ3n) is 4.68. The van der Waals surface area contributed by atoms with Gasteiger partial charge >= 0.3 is 12.2 Å². The normalized spacial score (nSPS) is 12.2. The van der Waals surface area contributed by atoms with Crippen LogP contribution in [-0.4, -0.2) is 16.2 Å². The van der Waals surface area contributed by atoms with E-state index in [1.54, 1.807) is 54.6 Å². The van der Waals surface area contributed by atoms with E-state index in [0.717, 1.165) is 6.07 Å². The molecule has 2 N–H and O–H groups in total. The predicted octanol–water partition coefficient (Wildman–Crippen LogP) is 6.32. The Morgan fingerprint density at radius 3 is 2.30 bits per heavy atom. The summed E-state index contributed by atoms with van der Waals surface area (Å²) < 4.78 is 45.6. The van der Waals surface area contributed by atoms with E-state index >= 15 is 0 Å². The van der Waals surface area contributed by atoms with Gasteiger partial charge in [-0.15, -0.1) is 10.2 Å². The minimum atomic E-state index is -4.63. The van der Waals surface area contributed by atoms with Crippen molar-refractivity contribution in [3.05, 3.63) is 101 Å². The summed E-state index contributed by atoms with van der Waals surface area (Å²) in [7, 11) is 0. The molecule has 0 spiro atoms. The first-order valence-corrected chi connectivity index (χ1v) is 10.1. The number of anilines is 1. The zero-order chi connectivity index (χ0) is 23.4. The summed E-state index contributed by atoms with van der Waals surface area (Å²) in [5.74, 6) is 0.177. The summed E-state index contributed by atoms with van der Waals surface area (Å²) >= 11 is 6.19. The molecule has 0 radical (unpaired) electrons. The van der Waals surface area contributed by atoms with E-state index in [4.69, 9.17) is 16.0 Å². The summed E-state index contributed by atoms with van der Waals surface area (Å²) in [6.07, 6.45) is -4.63. The second-order valence-corrected chi connectivity index (χ2v) is 7.32. The predicted molar refractivity (Wildman–Crippen MR) is 117 cm³/mol. The molecule has 0 aliphatic heterocycles. The largest absolute Gasteiger partial charge is 0.418 e. The Morgan fingerprint density at radius 1 is 0.909 bits per heavy atom. The van der Waals surface area contributed by atoms with Crippen LogP contribution in [0.2, 0.25) is 5.02 Å². The van der Waals surface area contributed by atoms with Crippen molar-refractivity contribution in [1.29, 1.82) is 0 Å². The van der Waals surface area contributed by atoms with Gasteiger partial charge in [-0.1, -0.05) is 66.2 Å². The van der Waals surface area contributed by atoms with Gasteiger partial charge in [-0.25, -0.2) is 4.79 Å². The highest BCUT2D eigenvalue weighted by Crippen LogP contribution is 2.35. The maximum Gasteiger partial charge on any atom is 0.418 e. The number of nitrogens with zero attached hydrogens (tertiary/aromatic N) is 2. The Balaban J connectivity index is 1.63. The fraction of sp³-hybridized carbons (Fsp3) is 0.0870.